The van der Waals surface area contributed by atoms with E-state index in [9.17, 15) is 28.1 Å². The number of rotatable bonds is 11. The molecule has 8 nitrogen and oxygen atoms in total. The Balaban J connectivity index is 1.53. The number of carbonyl (C=O) groups is 1. The number of allylic oxidation sites excluding steroid dienone is 3. The number of amides is 1. The molecule has 1 aromatic rings. The van der Waals surface area contributed by atoms with Crippen molar-refractivity contribution in [2.45, 2.75) is 77.1 Å². The summed E-state index contributed by atoms with van der Waals surface area (Å²) in [6.45, 7) is 10.7. The topological polar surface area (TPSA) is 87.9 Å². The number of nitro benzene ring substituents is 1. The van der Waals surface area contributed by atoms with Gasteiger partial charge in [0, 0.05) is 62.2 Å². The molecule has 0 spiro atoms. The van der Waals surface area contributed by atoms with Crippen molar-refractivity contribution in [3.8, 4) is 0 Å². The molecule has 0 radical (unpaired) electrons. The number of nitro groups is 1. The van der Waals surface area contributed by atoms with E-state index in [2.05, 4.69) is 23.7 Å². The molecule has 1 aliphatic carbocycles. The summed E-state index contributed by atoms with van der Waals surface area (Å²) >= 11 is 0. The molecular weight excluding hydrogens is 525 g/mol. The molecule has 1 saturated heterocycles. The molecule has 0 unspecified atom stereocenters. The maximum atomic E-state index is 13.3. The van der Waals surface area contributed by atoms with Crippen molar-refractivity contribution in [1.82, 2.24) is 9.80 Å². The number of ether oxygens (including phenoxy) is 1. The van der Waals surface area contributed by atoms with Gasteiger partial charge in [-0.2, -0.15) is 13.2 Å². The summed E-state index contributed by atoms with van der Waals surface area (Å²) in [7, 11) is 0. The van der Waals surface area contributed by atoms with Crippen LogP contribution in [0.3, 0.4) is 0 Å². The average molecular weight is 565 g/mol. The summed E-state index contributed by atoms with van der Waals surface area (Å²) in [4.78, 5) is 26.4. The first kappa shape index (κ1) is 31.0. The lowest BCUT2D eigenvalue weighted by Gasteiger charge is -2.37. The predicted octanol–water partition coefficient (Wildman–Crippen LogP) is 6.66. The number of nitrogens with one attached hydrogen (secondary N) is 1. The maximum absolute atomic E-state index is 13.3. The lowest BCUT2D eigenvalue weighted by Crippen LogP contribution is -2.48. The molecule has 2 aliphatic rings. The molecule has 1 N–H and O–H groups in total. The Morgan fingerprint density at radius 1 is 1.18 bits per heavy atom. The Bertz CT molecular complexity index is 1100. The molecule has 220 valence electrons. The molecule has 1 heterocycles. The van der Waals surface area contributed by atoms with E-state index in [0.29, 0.717) is 45.2 Å². The molecule has 1 amide bonds. The van der Waals surface area contributed by atoms with E-state index in [4.69, 9.17) is 4.74 Å². The van der Waals surface area contributed by atoms with Crippen molar-refractivity contribution in [3.63, 3.8) is 0 Å². The fourth-order valence-electron chi connectivity index (χ4n) is 5.08. The van der Waals surface area contributed by atoms with Gasteiger partial charge in [0.15, 0.2) is 0 Å². The first-order chi connectivity index (χ1) is 19.0. The minimum absolute atomic E-state index is 0.0396. The van der Waals surface area contributed by atoms with E-state index >= 15 is 0 Å². The van der Waals surface area contributed by atoms with Gasteiger partial charge in [-0.15, -0.1) is 0 Å². The van der Waals surface area contributed by atoms with Crippen LogP contribution in [0.5, 0.6) is 0 Å². The van der Waals surface area contributed by atoms with Gasteiger partial charge in [-0.3, -0.25) is 14.9 Å². The molecule has 40 heavy (non-hydrogen) atoms. The Morgan fingerprint density at radius 3 is 2.38 bits per heavy atom. The second-order valence-electron chi connectivity index (χ2n) is 10.2. The average Bonchev–Trinajstić information content (AvgIpc) is 2.94. The van der Waals surface area contributed by atoms with Crippen LogP contribution in [0, 0.1) is 10.1 Å². The van der Waals surface area contributed by atoms with Gasteiger partial charge in [-0.05, 0) is 63.3 Å². The zero-order chi connectivity index (χ0) is 29.3. The molecule has 1 aromatic carbocycles. The molecule has 2 fully saturated rings. The zero-order valence-corrected chi connectivity index (χ0v) is 23.2. The third-order valence-corrected chi connectivity index (χ3v) is 7.37. The van der Waals surface area contributed by atoms with Gasteiger partial charge in [0.05, 0.1) is 11.0 Å². The second-order valence-corrected chi connectivity index (χ2v) is 10.2. The van der Waals surface area contributed by atoms with Gasteiger partial charge < -0.3 is 19.9 Å². The minimum atomic E-state index is -4.81. The number of hydrogen-bond donors (Lipinski definition) is 1. The number of anilines is 1. The zero-order valence-electron chi connectivity index (χ0n) is 23.2. The first-order valence-electron chi connectivity index (χ1n) is 13.9. The highest BCUT2D eigenvalue weighted by Gasteiger charge is 2.38. The second kappa shape index (κ2) is 14.2. The summed E-state index contributed by atoms with van der Waals surface area (Å²) in [6.07, 6.45) is 6.10. The Kier molecular flexibility index (Phi) is 11.0. The third kappa shape index (κ3) is 8.50. The number of benzene rings is 1. The predicted molar refractivity (Wildman–Crippen MR) is 149 cm³/mol. The van der Waals surface area contributed by atoms with E-state index in [1.165, 1.54) is 6.07 Å². The molecule has 3 rings (SSSR count). The molecule has 0 aromatic heterocycles. The Morgan fingerprint density at radius 2 is 1.82 bits per heavy atom. The van der Waals surface area contributed by atoms with E-state index in [-0.39, 0.29) is 23.7 Å². The van der Waals surface area contributed by atoms with Gasteiger partial charge in [0.1, 0.15) is 11.3 Å². The van der Waals surface area contributed by atoms with Crippen LogP contribution in [0.4, 0.5) is 24.5 Å². The molecule has 1 aliphatic heterocycles. The van der Waals surface area contributed by atoms with Gasteiger partial charge in [0.2, 0.25) is 5.91 Å². The molecule has 0 bridgehead atoms. The summed E-state index contributed by atoms with van der Waals surface area (Å²) < 4.78 is 46.2. The number of unbranched alkanes of at least 4 members (excludes halogenated alkanes) is 1. The van der Waals surface area contributed by atoms with Crippen molar-refractivity contribution in [3.05, 3.63) is 70.1 Å². The monoisotopic (exact) mass is 564 g/mol. The highest BCUT2D eigenvalue weighted by molar-refractivity contribution is 5.76. The van der Waals surface area contributed by atoms with Crippen LogP contribution in [0.15, 0.2) is 54.5 Å². The van der Waals surface area contributed by atoms with Crippen molar-refractivity contribution >= 4 is 17.3 Å². The summed E-state index contributed by atoms with van der Waals surface area (Å²) in [5.74, 6) is 0.931. The normalized spacial score (nSPS) is 20.7. The minimum Gasteiger partial charge on any atom is -0.491 e. The van der Waals surface area contributed by atoms with Crippen molar-refractivity contribution in [2.24, 2.45) is 0 Å². The molecular formula is C29H39F3N4O4. The number of alkyl halides is 3. The third-order valence-electron chi connectivity index (χ3n) is 7.37. The van der Waals surface area contributed by atoms with E-state index in [1.807, 2.05) is 24.0 Å². The summed E-state index contributed by atoms with van der Waals surface area (Å²) in [5.41, 5.74) is -1.07. The van der Waals surface area contributed by atoms with Crippen molar-refractivity contribution in [2.75, 3.05) is 31.5 Å². The van der Waals surface area contributed by atoms with E-state index in [1.54, 1.807) is 6.08 Å². The number of hydrogen-bond acceptors (Lipinski definition) is 6. The fourth-order valence-corrected chi connectivity index (χ4v) is 5.08. The number of carbonyl (C=O) groups excluding carboxylic acids is 1. The highest BCUT2D eigenvalue weighted by Crippen LogP contribution is 2.38. The fraction of sp³-hybridized carbons (Fsp3) is 0.552. The van der Waals surface area contributed by atoms with Crippen LogP contribution in [0.25, 0.3) is 0 Å². The molecule has 1 saturated carbocycles. The quantitative estimate of drug-likeness (QED) is 0.140. The van der Waals surface area contributed by atoms with Gasteiger partial charge in [-0.25, -0.2) is 0 Å². The van der Waals surface area contributed by atoms with Crippen molar-refractivity contribution < 1.29 is 27.6 Å². The highest BCUT2D eigenvalue weighted by atomic mass is 19.4. The molecule has 11 heteroatoms. The summed E-state index contributed by atoms with van der Waals surface area (Å²) in [6, 6.07) is 2.95. The van der Waals surface area contributed by atoms with Gasteiger partial charge in [0.25, 0.3) is 5.69 Å². The number of halogens is 3. The van der Waals surface area contributed by atoms with Crippen LogP contribution in [0.2, 0.25) is 0 Å². The van der Waals surface area contributed by atoms with Crippen LogP contribution in [-0.2, 0) is 15.7 Å². The Labute approximate surface area is 233 Å². The smallest absolute Gasteiger partial charge is 0.423 e. The largest absolute Gasteiger partial charge is 0.491 e. The van der Waals surface area contributed by atoms with E-state index in [0.717, 1.165) is 49.5 Å². The van der Waals surface area contributed by atoms with Gasteiger partial charge >= 0.3 is 6.18 Å². The van der Waals surface area contributed by atoms with Crippen LogP contribution < -0.4 is 5.32 Å². The number of nitrogens with zero attached hydrogens (tertiary/aromatic N) is 3. The molecule has 0 atom stereocenters. The van der Waals surface area contributed by atoms with Crippen LogP contribution >= 0.6 is 0 Å². The maximum Gasteiger partial charge on any atom is 0.423 e. The first-order valence-corrected chi connectivity index (χ1v) is 13.9. The standard InChI is InChI=1S/C29H39F3N4O4/c1-4-7-8-28(37)35-17-15-34(16-18-35)23(5-2)20-24(6-3)40-25-12-9-21(10-13-25)33-22-11-14-27(36(38)39)26(19-22)29(30,31)32/h5-6,11,14,19-21,25,33H,2,4,7-10,12-13,15-18H2,1,3H3/b23-20+,24-6+. The lowest BCUT2D eigenvalue weighted by molar-refractivity contribution is -0.388. The SMILES string of the molecule is C=C/C(=C\C(=C/C)OC1CCC(Nc2ccc([N+](=O)[O-])c(C(F)(F)F)c2)CC1)N1CCN(C(=O)CCCC)CC1. The Hall–Kier alpha value is -3.50. The number of piperazine rings is 1. The van der Waals surface area contributed by atoms with Crippen LogP contribution in [-0.4, -0.2) is 59.0 Å². The van der Waals surface area contributed by atoms with Crippen LogP contribution in [0.1, 0.15) is 64.4 Å². The van der Waals surface area contributed by atoms with E-state index < -0.39 is 22.4 Å². The summed E-state index contributed by atoms with van der Waals surface area (Å²) in [5, 5.41) is 14.1. The lowest BCUT2D eigenvalue weighted by atomic mass is 9.92. The van der Waals surface area contributed by atoms with Gasteiger partial charge in [-0.1, -0.05) is 19.9 Å². The van der Waals surface area contributed by atoms with Crippen molar-refractivity contribution in [1.29, 1.82) is 0 Å².